The van der Waals surface area contributed by atoms with Gasteiger partial charge in [0, 0.05) is 25.7 Å². The van der Waals surface area contributed by atoms with Crippen LogP contribution in [0.25, 0.3) is 0 Å². The highest BCUT2D eigenvalue weighted by Gasteiger charge is 2.28. The Labute approximate surface area is 115 Å². The van der Waals surface area contributed by atoms with Crippen molar-refractivity contribution in [1.29, 1.82) is 0 Å². The van der Waals surface area contributed by atoms with Crippen LogP contribution in [0, 0.1) is 5.92 Å². The van der Waals surface area contributed by atoms with Gasteiger partial charge in [-0.2, -0.15) is 0 Å². The fraction of sp³-hybridized carbons (Fsp3) is 0.600. The Balaban J connectivity index is 2.07. The van der Waals surface area contributed by atoms with E-state index in [4.69, 9.17) is 15.6 Å². The van der Waals surface area contributed by atoms with Gasteiger partial charge in [-0.15, -0.1) is 0 Å². The monoisotopic (exact) mass is 264 g/mol. The predicted octanol–water partition coefficient (Wildman–Crippen LogP) is 1.40. The molecule has 0 aliphatic carbocycles. The molecule has 2 rings (SSSR count). The minimum atomic E-state index is 0.249. The summed E-state index contributed by atoms with van der Waals surface area (Å²) in [6.07, 6.45) is 2.05. The quantitative estimate of drug-likeness (QED) is 0.815. The van der Waals surface area contributed by atoms with Gasteiger partial charge >= 0.3 is 0 Å². The SMILES string of the molecule is COc1cccc(C(CN)N2CCC(CCO)C2)c1. The Hall–Kier alpha value is -1.10. The molecule has 1 aliphatic rings. The van der Waals surface area contributed by atoms with Crippen molar-refractivity contribution in [2.24, 2.45) is 11.7 Å². The summed E-state index contributed by atoms with van der Waals surface area (Å²) in [7, 11) is 1.68. The molecule has 0 aromatic heterocycles. The van der Waals surface area contributed by atoms with E-state index in [0.29, 0.717) is 12.5 Å². The van der Waals surface area contributed by atoms with Crippen LogP contribution in [0.1, 0.15) is 24.4 Å². The van der Waals surface area contributed by atoms with Gasteiger partial charge in [-0.3, -0.25) is 4.90 Å². The number of aliphatic hydroxyl groups excluding tert-OH is 1. The van der Waals surface area contributed by atoms with Crippen molar-refractivity contribution < 1.29 is 9.84 Å². The lowest BCUT2D eigenvalue weighted by Crippen LogP contribution is -2.32. The molecule has 1 fully saturated rings. The smallest absolute Gasteiger partial charge is 0.119 e. The van der Waals surface area contributed by atoms with Crippen LogP contribution >= 0.6 is 0 Å². The van der Waals surface area contributed by atoms with E-state index in [0.717, 1.165) is 31.7 Å². The molecule has 0 spiro atoms. The zero-order valence-corrected chi connectivity index (χ0v) is 11.6. The maximum absolute atomic E-state index is 9.03. The van der Waals surface area contributed by atoms with Gasteiger partial charge < -0.3 is 15.6 Å². The molecule has 0 saturated carbocycles. The Morgan fingerprint density at radius 1 is 1.53 bits per heavy atom. The predicted molar refractivity (Wildman–Crippen MR) is 76.2 cm³/mol. The van der Waals surface area contributed by atoms with Gasteiger partial charge in [-0.05, 0) is 43.0 Å². The third kappa shape index (κ3) is 3.47. The van der Waals surface area contributed by atoms with Crippen molar-refractivity contribution in [1.82, 2.24) is 4.90 Å². The third-order valence-electron chi connectivity index (χ3n) is 4.00. The molecule has 106 valence electrons. The van der Waals surface area contributed by atoms with Gasteiger partial charge in [0.1, 0.15) is 5.75 Å². The molecule has 2 unspecified atom stereocenters. The molecule has 1 aromatic rings. The molecule has 1 aliphatic heterocycles. The first-order chi connectivity index (χ1) is 9.28. The van der Waals surface area contributed by atoms with Gasteiger partial charge in [-0.25, -0.2) is 0 Å². The lowest BCUT2D eigenvalue weighted by Gasteiger charge is -2.27. The van der Waals surface area contributed by atoms with Gasteiger partial charge in [-0.1, -0.05) is 12.1 Å². The second kappa shape index (κ2) is 6.89. The molecule has 4 heteroatoms. The van der Waals surface area contributed by atoms with Crippen LogP contribution in [0.2, 0.25) is 0 Å². The van der Waals surface area contributed by atoms with Crippen LogP contribution < -0.4 is 10.5 Å². The first-order valence-electron chi connectivity index (χ1n) is 6.97. The van der Waals surface area contributed by atoms with E-state index in [-0.39, 0.29) is 12.6 Å². The molecule has 0 amide bonds. The van der Waals surface area contributed by atoms with Gasteiger partial charge in [0.25, 0.3) is 0 Å². The molecule has 0 radical (unpaired) electrons. The summed E-state index contributed by atoms with van der Waals surface area (Å²) in [5.41, 5.74) is 7.18. The molecule has 1 saturated heterocycles. The largest absolute Gasteiger partial charge is 0.497 e. The number of nitrogens with two attached hydrogens (primary N) is 1. The maximum Gasteiger partial charge on any atom is 0.119 e. The number of methoxy groups -OCH3 is 1. The Kier molecular flexibility index (Phi) is 5.19. The van der Waals surface area contributed by atoms with Gasteiger partial charge in [0.2, 0.25) is 0 Å². The second-order valence-electron chi connectivity index (χ2n) is 5.19. The van der Waals surface area contributed by atoms with E-state index in [9.17, 15) is 0 Å². The van der Waals surface area contributed by atoms with Crippen LogP contribution in [0.4, 0.5) is 0 Å². The number of rotatable bonds is 6. The Bertz CT molecular complexity index is 397. The van der Waals surface area contributed by atoms with E-state index in [2.05, 4.69) is 17.0 Å². The van der Waals surface area contributed by atoms with Crippen molar-refractivity contribution >= 4 is 0 Å². The van der Waals surface area contributed by atoms with Crippen LogP contribution in [-0.2, 0) is 0 Å². The number of hydrogen-bond acceptors (Lipinski definition) is 4. The van der Waals surface area contributed by atoms with E-state index in [1.54, 1.807) is 7.11 Å². The molecule has 1 heterocycles. The maximum atomic E-state index is 9.03. The number of nitrogens with zero attached hydrogens (tertiary/aromatic N) is 1. The lowest BCUT2D eigenvalue weighted by molar-refractivity contribution is 0.222. The molecule has 1 aromatic carbocycles. The normalized spacial score (nSPS) is 21.5. The van der Waals surface area contributed by atoms with Gasteiger partial charge in [0.05, 0.1) is 7.11 Å². The van der Waals surface area contributed by atoms with E-state index in [1.165, 1.54) is 5.56 Å². The summed E-state index contributed by atoms with van der Waals surface area (Å²) >= 11 is 0. The lowest BCUT2D eigenvalue weighted by atomic mass is 10.0. The Morgan fingerprint density at radius 3 is 3.05 bits per heavy atom. The molecule has 2 atom stereocenters. The average molecular weight is 264 g/mol. The second-order valence-corrected chi connectivity index (χ2v) is 5.19. The van der Waals surface area contributed by atoms with E-state index < -0.39 is 0 Å². The minimum Gasteiger partial charge on any atom is -0.497 e. The topological polar surface area (TPSA) is 58.7 Å². The average Bonchev–Trinajstić information content (AvgIpc) is 2.89. The van der Waals surface area contributed by atoms with Crippen LogP contribution in [-0.4, -0.2) is 43.4 Å². The first kappa shape index (κ1) is 14.3. The first-order valence-corrected chi connectivity index (χ1v) is 6.97. The fourth-order valence-corrected chi connectivity index (χ4v) is 2.91. The van der Waals surface area contributed by atoms with Crippen molar-refractivity contribution in [3.8, 4) is 5.75 Å². The summed E-state index contributed by atoms with van der Waals surface area (Å²) in [4.78, 5) is 2.43. The molecule has 0 bridgehead atoms. The summed E-state index contributed by atoms with van der Waals surface area (Å²) in [6, 6.07) is 8.39. The van der Waals surface area contributed by atoms with E-state index in [1.807, 2.05) is 12.1 Å². The summed E-state index contributed by atoms with van der Waals surface area (Å²) in [5.74, 6) is 1.48. The molecule has 3 N–H and O–H groups in total. The van der Waals surface area contributed by atoms with Crippen molar-refractivity contribution in [3.05, 3.63) is 29.8 Å². The van der Waals surface area contributed by atoms with Crippen molar-refractivity contribution in [3.63, 3.8) is 0 Å². The Morgan fingerprint density at radius 2 is 2.37 bits per heavy atom. The minimum absolute atomic E-state index is 0.249. The van der Waals surface area contributed by atoms with E-state index >= 15 is 0 Å². The van der Waals surface area contributed by atoms with Crippen molar-refractivity contribution in [2.45, 2.75) is 18.9 Å². The summed E-state index contributed by atoms with van der Waals surface area (Å²) < 4.78 is 5.28. The number of aliphatic hydroxyl groups is 1. The molecule has 19 heavy (non-hydrogen) atoms. The molecular weight excluding hydrogens is 240 g/mol. The molecular formula is C15H24N2O2. The van der Waals surface area contributed by atoms with Crippen LogP contribution in [0.3, 0.4) is 0 Å². The zero-order chi connectivity index (χ0) is 13.7. The standard InChI is InChI=1S/C15H24N2O2/c1-19-14-4-2-3-13(9-14)15(10-16)17-7-5-12(11-17)6-8-18/h2-4,9,12,15,18H,5-8,10-11,16H2,1H3. The number of likely N-dealkylation sites (tertiary alicyclic amines) is 1. The highest BCUT2D eigenvalue weighted by molar-refractivity contribution is 5.31. The van der Waals surface area contributed by atoms with Crippen LogP contribution in [0.5, 0.6) is 5.75 Å². The fourth-order valence-electron chi connectivity index (χ4n) is 2.91. The molecule has 4 nitrogen and oxygen atoms in total. The third-order valence-corrected chi connectivity index (χ3v) is 4.00. The zero-order valence-electron chi connectivity index (χ0n) is 11.6. The number of ether oxygens (including phenoxy) is 1. The van der Waals surface area contributed by atoms with Crippen molar-refractivity contribution in [2.75, 3.05) is 33.4 Å². The summed E-state index contributed by atoms with van der Waals surface area (Å²) in [5, 5.41) is 9.03. The highest BCUT2D eigenvalue weighted by Crippen LogP contribution is 2.29. The number of hydrogen-bond donors (Lipinski definition) is 2. The highest BCUT2D eigenvalue weighted by atomic mass is 16.5. The number of benzene rings is 1. The summed E-state index contributed by atoms with van der Waals surface area (Å²) in [6.45, 7) is 2.98. The van der Waals surface area contributed by atoms with Gasteiger partial charge in [0.15, 0.2) is 0 Å². The van der Waals surface area contributed by atoms with Crippen LogP contribution in [0.15, 0.2) is 24.3 Å².